The fourth-order valence-corrected chi connectivity index (χ4v) is 2.59. The maximum absolute atomic E-state index is 9.54. The van der Waals surface area contributed by atoms with Crippen LogP contribution in [0.4, 0.5) is 0 Å². The first kappa shape index (κ1) is 13.9. The summed E-state index contributed by atoms with van der Waals surface area (Å²) < 4.78 is 5.37. The predicted octanol–water partition coefficient (Wildman–Crippen LogP) is 3.82. The molecule has 0 fully saturated rings. The quantitative estimate of drug-likeness (QED) is 0.747. The highest BCUT2D eigenvalue weighted by atomic mass is 16.3. The fraction of sp³-hybridized carbons (Fsp3) is 0.222. The summed E-state index contributed by atoms with van der Waals surface area (Å²) in [7, 11) is 0. The summed E-state index contributed by atoms with van der Waals surface area (Å²) in [5.41, 5.74) is 1.19. The number of hydrogen-bond acceptors (Lipinski definition) is 3. The number of nitrogens with one attached hydrogen (secondary N) is 1. The van der Waals surface area contributed by atoms with E-state index in [1.807, 2.05) is 24.3 Å². The Kier molecular flexibility index (Phi) is 4.04. The van der Waals surface area contributed by atoms with E-state index in [0.717, 1.165) is 5.76 Å². The van der Waals surface area contributed by atoms with Crippen molar-refractivity contribution in [3.8, 4) is 0 Å². The molecule has 2 atom stereocenters. The van der Waals surface area contributed by atoms with Gasteiger partial charge in [0.05, 0.1) is 18.9 Å². The van der Waals surface area contributed by atoms with E-state index in [9.17, 15) is 5.11 Å². The number of aliphatic hydroxyl groups excluding tert-OH is 1. The predicted molar refractivity (Wildman–Crippen MR) is 84.0 cm³/mol. The summed E-state index contributed by atoms with van der Waals surface area (Å²) in [6, 6.07) is 18.4. The number of benzene rings is 2. The smallest absolute Gasteiger partial charge is 0.123 e. The maximum atomic E-state index is 9.54. The van der Waals surface area contributed by atoms with E-state index in [1.165, 1.54) is 16.3 Å². The molecule has 2 unspecified atom stereocenters. The van der Waals surface area contributed by atoms with Gasteiger partial charge < -0.3 is 9.52 Å². The Hall–Kier alpha value is -2.10. The van der Waals surface area contributed by atoms with Crippen LogP contribution in [-0.2, 0) is 0 Å². The third-order valence-corrected chi connectivity index (χ3v) is 3.79. The van der Waals surface area contributed by atoms with Crippen molar-refractivity contribution in [1.29, 1.82) is 0 Å². The molecule has 0 saturated carbocycles. The van der Waals surface area contributed by atoms with Gasteiger partial charge in [0.15, 0.2) is 0 Å². The van der Waals surface area contributed by atoms with Crippen molar-refractivity contribution in [1.82, 2.24) is 5.32 Å². The van der Waals surface area contributed by atoms with Gasteiger partial charge in [-0.15, -0.1) is 0 Å². The molecule has 0 aliphatic carbocycles. The lowest BCUT2D eigenvalue weighted by atomic mass is 10.0. The van der Waals surface area contributed by atoms with E-state index in [1.54, 1.807) is 6.26 Å². The summed E-state index contributed by atoms with van der Waals surface area (Å²) in [6.45, 7) is 2.10. The minimum absolute atomic E-state index is 0.00539. The van der Waals surface area contributed by atoms with E-state index < -0.39 is 0 Å². The standard InChI is InChI=1S/C18H19NO2/c1-13(19-17(12-20)18-7-4-10-21-18)15-9-8-14-5-2-3-6-16(14)11-15/h2-11,13,17,19-20H,12H2,1H3. The van der Waals surface area contributed by atoms with Crippen LogP contribution in [0.15, 0.2) is 65.3 Å². The Morgan fingerprint density at radius 1 is 1.05 bits per heavy atom. The molecule has 0 radical (unpaired) electrons. The Morgan fingerprint density at radius 2 is 1.86 bits per heavy atom. The topological polar surface area (TPSA) is 45.4 Å². The van der Waals surface area contributed by atoms with E-state index in [2.05, 4.69) is 42.6 Å². The molecular weight excluding hydrogens is 262 g/mol. The van der Waals surface area contributed by atoms with E-state index in [4.69, 9.17) is 4.42 Å². The van der Waals surface area contributed by atoms with Gasteiger partial charge in [0.25, 0.3) is 0 Å². The van der Waals surface area contributed by atoms with Crippen molar-refractivity contribution in [3.63, 3.8) is 0 Å². The van der Waals surface area contributed by atoms with Crippen molar-refractivity contribution in [2.75, 3.05) is 6.61 Å². The zero-order chi connectivity index (χ0) is 14.7. The number of furan rings is 1. The van der Waals surface area contributed by atoms with Crippen LogP contribution in [0, 0.1) is 0 Å². The molecule has 2 aromatic carbocycles. The summed E-state index contributed by atoms with van der Waals surface area (Å²) in [6.07, 6.45) is 1.63. The molecule has 0 bridgehead atoms. The fourth-order valence-electron chi connectivity index (χ4n) is 2.59. The van der Waals surface area contributed by atoms with Gasteiger partial charge in [-0.3, -0.25) is 5.32 Å². The van der Waals surface area contributed by atoms with Crippen LogP contribution in [-0.4, -0.2) is 11.7 Å². The molecule has 2 N–H and O–H groups in total. The van der Waals surface area contributed by atoms with Crippen LogP contribution >= 0.6 is 0 Å². The molecular formula is C18H19NO2. The van der Waals surface area contributed by atoms with Crippen LogP contribution in [0.2, 0.25) is 0 Å². The number of hydrogen-bond donors (Lipinski definition) is 2. The van der Waals surface area contributed by atoms with E-state index in [-0.39, 0.29) is 18.7 Å². The molecule has 0 saturated heterocycles. The summed E-state index contributed by atoms with van der Waals surface area (Å²) in [5.74, 6) is 0.755. The Labute approximate surface area is 124 Å². The molecule has 3 heteroatoms. The first-order chi connectivity index (χ1) is 10.3. The normalized spacial score (nSPS) is 14.2. The zero-order valence-corrected chi connectivity index (χ0v) is 12.0. The average molecular weight is 281 g/mol. The molecule has 0 aliphatic heterocycles. The van der Waals surface area contributed by atoms with Crippen molar-refractivity contribution in [2.24, 2.45) is 0 Å². The number of rotatable bonds is 5. The molecule has 0 aliphatic rings. The molecule has 3 nitrogen and oxygen atoms in total. The van der Waals surface area contributed by atoms with Crippen molar-refractivity contribution >= 4 is 10.8 Å². The molecule has 108 valence electrons. The molecule has 0 amide bonds. The highest BCUT2D eigenvalue weighted by molar-refractivity contribution is 5.83. The van der Waals surface area contributed by atoms with Crippen LogP contribution in [0.25, 0.3) is 10.8 Å². The van der Waals surface area contributed by atoms with Crippen molar-refractivity contribution in [3.05, 3.63) is 72.2 Å². The van der Waals surface area contributed by atoms with E-state index in [0.29, 0.717) is 0 Å². The number of aliphatic hydroxyl groups is 1. The third-order valence-electron chi connectivity index (χ3n) is 3.79. The van der Waals surface area contributed by atoms with Gasteiger partial charge in [-0.05, 0) is 41.5 Å². The van der Waals surface area contributed by atoms with Crippen molar-refractivity contribution in [2.45, 2.75) is 19.0 Å². The molecule has 3 rings (SSSR count). The van der Waals surface area contributed by atoms with Gasteiger partial charge in [0, 0.05) is 6.04 Å². The molecule has 3 aromatic rings. The Morgan fingerprint density at radius 3 is 2.57 bits per heavy atom. The van der Waals surface area contributed by atoms with Gasteiger partial charge >= 0.3 is 0 Å². The monoisotopic (exact) mass is 281 g/mol. The highest BCUT2D eigenvalue weighted by Crippen LogP contribution is 2.23. The second-order valence-electron chi connectivity index (χ2n) is 5.25. The first-order valence-corrected chi connectivity index (χ1v) is 7.17. The third kappa shape index (κ3) is 2.99. The minimum atomic E-state index is -0.193. The zero-order valence-electron chi connectivity index (χ0n) is 12.0. The molecule has 1 heterocycles. The maximum Gasteiger partial charge on any atom is 0.123 e. The summed E-state index contributed by atoms with van der Waals surface area (Å²) >= 11 is 0. The molecule has 21 heavy (non-hydrogen) atoms. The lowest BCUT2D eigenvalue weighted by Gasteiger charge is -2.21. The molecule has 1 aromatic heterocycles. The van der Waals surface area contributed by atoms with Crippen LogP contribution in [0.3, 0.4) is 0 Å². The summed E-state index contributed by atoms with van der Waals surface area (Å²) in [5, 5.41) is 15.4. The summed E-state index contributed by atoms with van der Waals surface area (Å²) in [4.78, 5) is 0. The van der Waals surface area contributed by atoms with Crippen LogP contribution < -0.4 is 5.32 Å². The SMILES string of the molecule is CC(NC(CO)c1ccco1)c1ccc2ccccc2c1. The number of fused-ring (bicyclic) bond motifs is 1. The lowest BCUT2D eigenvalue weighted by Crippen LogP contribution is -2.27. The Bertz CT molecular complexity index is 706. The molecule has 0 spiro atoms. The average Bonchev–Trinajstić information content (AvgIpc) is 3.06. The minimum Gasteiger partial charge on any atom is -0.468 e. The van der Waals surface area contributed by atoms with Gasteiger partial charge in [-0.2, -0.15) is 0 Å². The second-order valence-corrected chi connectivity index (χ2v) is 5.25. The van der Waals surface area contributed by atoms with Gasteiger partial charge in [0.2, 0.25) is 0 Å². The van der Waals surface area contributed by atoms with Crippen molar-refractivity contribution < 1.29 is 9.52 Å². The van der Waals surface area contributed by atoms with Gasteiger partial charge in [-0.25, -0.2) is 0 Å². The van der Waals surface area contributed by atoms with E-state index >= 15 is 0 Å². The highest BCUT2D eigenvalue weighted by Gasteiger charge is 2.16. The Balaban J connectivity index is 1.81. The van der Waals surface area contributed by atoms with Gasteiger partial charge in [-0.1, -0.05) is 36.4 Å². The van der Waals surface area contributed by atoms with Gasteiger partial charge in [0.1, 0.15) is 5.76 Å². The lowest BCUT2D eigenvalue weighted by molar-refractivity contribution is 0.217. The second kappa shape index (κ2) is 6.12. The first-order valence-electron chi connectivity index (χ1n) is 7.17. The largest absolute Gasteiger partial charge is 0.468 e. The van der Waals surface area contributed by atoms with Crippen LogP contribution in [0.5, 0.6) is 0 Å². The van der Waals surface area contributed by atoms with Crippen LogP contribution in [0.1, 0.15) is 30.3 Å².